The van der Waals surface area contributed by atoms with Crippen molar-refractivity contribution in [3.05, 3.63) is 52.5 Å². The number of carbonyl (C=O) groups is 1. The largest absolute Gasteiger partial charge is 0.497 e. The number of benzene rings is 2. The summed E-state index contributed by atoms with van der Waals surface area (Å²) in [5.74, 6) is 1.56. The van der Waals surface area contributed by atoms with Crippen molar-refractivity contribution < 1.29 is 19.0 Å². The van der Waals surface area contributed by atoms with Gasteiger partial charge in [0, 0.05) is 5.02 Å². The second-order valence-electron chi connectivity index (χ2n) is 5.04. The zero-order valence-corrected chi connectivity index (χ0v) is 15.0. The number of ether oxygens (including phenoxy) is 3. The number of halogens is 1. The minimum Gasteiger partial charge on any atom is -0.497 e. The van der Waals surface area contributed by atoms with Gasteiger partial charge in [-0.2, -0.15) is 5.10 Å². The van der Waals surface area contributed by atoms with Crippen LogP contribution in [-0.4, -0.2) is 33.5 Å². The Hall–Kier alpha value is -2.73. The van der Waals surface area contributed by atoms with E-state index in [0.29, 0.717) is 27.8 Å². The molecular weight excluding hydrogens is 344 g/mol. The highest BCUT2D eigenvalue weighted by molar-refractivity contribution is 6.31. The monoisotopic (exact) mass is 362 g/mol. The van der Waals surface area contributed by atoms with Crippen LogP contribution in [0.3, 0.4) is 0 Å². The Morgan fingerprint density at radius 3 is 2.52 bits per heavy atom. The Bertz CT molecular complexity index is 778. The summed E-state index contributed by atoms with van der Waals surface area (Å²) in [4.78, 5) is 12.0. The van der Waals surface area contributed by atoms with Gasteiger partial charge in [-0.25, -0.2) is 5.43 Å². The molecule has 0 unspecified atom stereocenters. The van der Waals surface area contributed by atoms with Crippen molar-refractivity contribution in [1.82, 2.24) is 5.43 Å². The van der Waals surface area contributed by atoms with E-state index in [1.165, 1.54) is 6.21 Å². The van der Waals surface area contributed by atoms with Crippen molar-refractivity contribution in [2.75, 3.05) is 21.3 Å². The molecule has 0 saturated carbocycles. The molecule has 0 spiro atoms. The van der Waals surface area contributed by atoms with Crippen LogP contribution in [0.15, 0.2) is 41.5 Å². The summed E-state index contributed by atoms with van der Waals surface area (Å²) >= 11 is 6.09. The van der Waals surface area contributed by atoms with E-state index < -0.39 is 0 Å². The van der Waals surface area contributed by atoms with Gasteiger partial charge in [0.15, 0.2) is 11.5 Å². The highest BCUT2D eigenvalue weighted by Crippen LogP contribution is 2.26. The van der Waals surface area contributed by atoms with Crippen LogP contribution in [-0.2, 0) is 11.2 Å². The van der Waals surface area contributed by atoms with E-state index in [2.05, 4.69) is 10.5 Å². The predicted octanol–water partition coefficient (Wildman–Crippen LogP) is 3.06. The molecule has 0 aliphatic rings. The molecule has 1 N–H and O–H groups in total. The molecule has 132 valence electrons. The molecule has 0 bridgehead atoms. The van der Waals surface area contributed by atoms with Crippen LogP contribution in [0.1, 0.15) is 11.1 Å². The highest BCUT2D eigenvalue weighted by Gasteiger charge is 2.08. The van der Waals surface area contributed by atoms with Crippen LogP contribution in [0.25, 0.3) is 0 Å². The lowest BCUT2D eigenvalue weighted by molar-refractivity contribution is -0.120. The van der Waals surface area contributed by atoms with Gasteiger partial charge in [0.2, 0.25) is 5.91 Å². The van der Waals surface area contributed by atoms with Crippen molar-refractivity contribution in [3.8, 4) is 17.2 Å². The van der Waals surface area contributed by atoms with Crippen molar-refractivity contribution in [2.45, 2.75) is 6.42 Å². The van der Waals surface area contributed by atoms with E-state index in [4.69, 9.17) is 25.8 Å². The fourth-order valence-electron chi connectivity index (χ4n) is 2.14. The summed E-state index contributed by atoms with van der Waals surface area (Å²) in [5.41, 5.74) is 3.90. The quantitative estimate of drug-likeness (QED) is 0.607. The number of carbonyl (C=O) groups excluding carboxylic acids is 1. The molecule has 0 atom stereocenters. The molecule has 2 aromatic carbocycles. The van der Waals surface area contributed by atoms with Gasteiger partial charge in [-0.3, -0.25) is 4.79 Å². The van der Waals surface area contributed by atoms with Gasteiger partial charge in [0.25, 0.3) is 0 Å². The summed E-state index contributed by atoms with van der Waals surface area (Å²) in [6, 6.07) is 10.5. The first-order valence-electron chi connectivity index (χ1n) is 7.43. The first-order valence-corrected chi connectivity index (χ1v) is 7.81. The van der Waals surface area contributed by atoms with Gasteiger partial charge in [0.05, 0.1) is 34.0 Å². The second-order valence-corrected chi connectivity index (χ2v) is 5.45. The molecule has 0 aliphatic heterocycles. The highest BCUT2D eigenvalue weighted by atomic mass is 35.5. The Kier molecular flexibility index (Phi) is 6.65. The van der Waals surface area contributed by atoms with Crippen molar-refractivity contribution in [1.29, 1.82) is 0 Å². The molecular formula is C18H19ClN2O4. The lowest BCUT2D eigenvalue weighted by atomic mass is 10.1. The molecule has 6 nitrogen and oxygen atoms in total. The summed E-state index contributed by atoms with van der Waals surface area (Å²) in [5, 5.41) is 4.45. The fraction of sp³-hybridized carbons (Fsp3) is 0.222. The summed E-state index contributed by atoms with van der Waals surface area (Å²) in [7, 11) is 4.68. The minimum absolute atomic E-state index is 0.0965. The molecule has 0 heterocycles. The normalized spacial score (nSPS) is 10.6. The molecule has 0 radical (unpaired) electrons. The molecule has 0 aromatic heterocycles. The summed E-state index contributed by atoms with van der Waals surface area (Å²) in [6.45, 7) is 0. The number of hydrazone groups is 1. The van der Waals surface area contributed by atoms with Crippen LogP contribution in [0.5, 0.6) is 17.2 Å². The smallest absolute Gasteiger partial charge is 0.244 e. The van der Waals surface area contributed by atoms with E-state index in [9.17, 15) is 4.79 Å². The van der Waals surface area contributed by atoms with Crippen molar-refractivity contribution >= 4 is 23.7 Å². The second kappa shape index (κ2) is 8.94. The Labute approximate surface area is 151 Å². The zero-order valence-electron chi connectivity index (χ0n) is 14.2. The first-order chi connectivity index (χ1) is 12.1. The lowest BCUT2D eigenvalue weighted by Crippen LogP contribution is -2.20. The van der Waals surface area contributed by atoms with E-state index in [0.717, 1.165) is 5.56 Å². The number of nitrogens with one attached hydrogen (secondary N) is 1. The number of amides is 1. The summed E-state index contributed by atoms with van der Waals surface area (Å²) < 4.78 is 15.5. The van der Waals surface area contributed by atoms with Crippen LogP contribution in [0.2, 0.25) is 5.02 Å². The number of hydrogen-bond acceptors (Lipinski definition) is 5. The molecule has 2 rings (SSSR count). The van der Waals surface area contributed by atoms with Crippen LogP contribution in [0.4, 0.5) is 0 Å². The third-order valence-electron chi connectivity index (χ3n) is 3.41. The maximum Gasteiger partial charge on any atom is 0.244 e. The minimum atomic E-state index is -0.285. The Morgan fingerprint density at radius 1 is 1.08 bits per heavy atom. The average Bonchev–Trinajstić information content (AvgIpc) is 2.63. The number of methoxy groups -OCH3 is 3. The number of nitrogens with zero attached hydrogens (tertiary/aromatic N) is 1. The third kappa shape index (κ3) is 5.12. The van der Waals surface area contributed by atoms with E-state index >= 15 is 0 Å². The van der Waals surface area contributed by atoms with Crippen molar-refractivity contribution in [3.63, 3.8) is 0 Å². The SMILES string of the molecule is COc1ccc(Cl)c(CC(=O)N/N=C/c2ccc(OC)c(OC)c2)c1. The fourth-order valence-corrected chi connectivity index (χ4v) is 2.32. The maximum atomic E-state index is 12.0. The molecule has 2 aromatic rings. The Balaban J connectivity index is 1.99. The zero-order chi connectivity index (χ0) is 18.2. The summed E-state index contributed by atoms with van der Waals surface area (Å²) in [6.07, 6.45) is 1.62. The van der Waals surface area contributed by atoms with Crippen LogP contribution in [0, 0.1) is 0 Å². The van der Waals surface area contributed by atoms with E-state index in [1.807, 2.05) is 0 Å². The number of rotatable bonds is 7. The molecule has 0 fully saturated rings. The lowest BCUT2D eigenvalue weighted by Gasteiger charge is -2.07. The van der Waals surface area contributed by atoms with Gasteiger partial charge < -0.3 is 14.2 Å². The molecule has 0 aliphatic carbocycles. The number of hydrogen-bond donors (Lipinski definition) is 1. The molecule has 1 amide bonds. The molecule has 0 saturated heterocycles. The topological polar surface area (TPSA) is 69.2 Å². The van der Waals surface area contributed by atoms with Gasteiger partial charge >= 0.3 is 0 Å². The Morgan fingerprint density at radius 2 is 1.84 bits per heavy atom. The first kappa shape index (κ1) is 18.6. The van der Waals surface area contributed by atoms with Gasteiger partial charge in [-0.15, -0.1) is 0 Å². The van der Waals surface area contributed by atoms with Gasteiger partial charge in [-0.05, 0) is 47.5 Å². The standard InChI is InChI=1S/C18H19ClN2O4/c1-23-14-5-6-15(19)13(9-14)10-18(22)21-20-11-12-4-7-16(24-2)17(8-12)25-3/h4-9,11H,10H2,1-3H3,(H,21,22)/b20-11+. The maximum absolute atomic E-state index is 12.0. The molecule has 7 heteroatoms. The van der Waals surface area contributed by atoms with Gasteiger partial charge in [-0.1, -0.05) is 11.6 Å². The van der Waals surface area contributed by atoms with E-state index in [-0.39, 0.29) is 12.3 Å². The van der Waals surface area contributed by atoms with E-state index in [1.54, 1.807) is 57.7 Å². The predicted molar refractivity (Wildman–Crippen MR) is 97.0 cm³/mol. The van der Waals surface area contributed by atoms with Crippen LogP contribution >= 0.6 is 11.6 Å². The third-order valence-corrected chi connectivity index (χ3v) is 3.78. The van der Waals surface area contributed by atoms with Crippen LogP contribution < -0.4 is 19.6 Å². The van der Waals surface area contributed by atoms with Gasteiger partial charge in [0.1, 0.15) is 5.75 Å². The average molecular weight is 363 g/mol. The van der Waals surface area contributed by atoms with Crippen molar-refractivity contribution in [2.24, 2.45) is 5.10 Å². The molecule has 25 heavy (non-hydrogen) atoms.